The zero-order valence-corrected chi connectivity index (χ0v) is 10.4. The zero-order valence-electron chi connectivity index (χ0n) is 9.55. The largest absolute Gasteiger partial charge is 0.254 e. The van der Waals surface area contributed by atoms with Crippen LogP contribution in [0.2, 0.25) is 0 Å². The first kappa shape index (κ1) is 11.7. The van der Waals surface area contributed by atoms with Gasteiger partial charge in [-0.3, -0.25) is 4.98 Å². The molecular weight excluding hydrogens is 228 g/mol. The smallest absolute Gasteiger partial charge is 0.122 e. The van der Waals surface area contributed by atoms with Crippen LogP contribution in [0.15, 0.2) is 47.6 Å². The number of hydrogen-bond donors (Lipinski definition) is 0. The van der Waals surface area contributed by atoms with Gasteiger partial charge in [-0.25, -0.2) is 4.99 Å². The topological polar surface area (TPSA) is 25.2 Å². The third-order valence-electron chi connectivity index (χ3n) is 2.04. The molecule has 84 valence electrons. The maximum atomic E-state index is 4.58. The van der Waals surface area contributed by atoms with E-state index in [9.17, 15) is 0 Å². The molecule has 0 bridgehead atoms. The van der Waals surface area contributed by atoms with Crippen LogP contribution in [0.25, 0.3) is 0 Å². The second-order valence-corrected chi connectivity index (χ2v) is 4.51. The third kappa shape index (κ3) is 3.33. The minimum Gasteiger partial charge on any atom is -0.254 e. The molecule has 0 N–H and O–H groups in total. The van der Waals surface area contributed by atoms with Crippen LogP contribution in [-0.2, 0) is 0 Å². The molecule has 2 rings (SSSR count). The van der Waals surface area contributed by atoms with E-state index < -0.39 is 0 Å². The number of aromatic nitrogens is 1. The minimum atomic E-state index is 0.880. The van der Waals surface area contributed by atoms with Gasteiger partial charge >= 0.3 is 0 Å². The summed E-state index contributed by atoms with van der Waals surface area (Å²) in [4.78, 5) is 8.91. The van der Waals surface area contributed by atoms with Crippen LogP contribution < -0.4 is 0 Å². The predicted molar refractivity (Wildman–Crippen MR) is 72.7 cm³/mol. The fourth-order valence-electron chi connectivity index (χ4n) is 1.32. The van der Waals surface area contributed by atoms with Gasteiger partial charge in [0.2, 0.25) is 0 Å². The van der Waals surface area contributed by atoms with Gasteiger partial charge in [-0.15, -0.1) is 11.8 Å². The second kappa shape index (κ2) is 6.07. The summed E-state index contributed by atoms with van der Waals surface area (Å²) in [6.07, 6.45) is 1.78. The van der Waals surface area contributed by atoms with Crippen LogP contribution in [0.1, 0.15) is 12.6 Å². The van der Waals surface area contributed by atoms with Crippen LogP contribution in [0.3, 0.4) is 0 Å². The van der Waals surface area contributed by atoms with E-state index in [1.807, 2.05) is 36.4 Å². The number of rotatable bonds is 3. The maximum Gasteiger partial charge on any atom is 0.122 e. The van der Waals surface area contributed by atoms with Gasteiger partial charge in [-0.2, -0.15) is 0 Å². The molecule has 0 unspecified atom stereocenters. The van der Waals surface area contributed by atoms with E-state index in [1.165, 1.54) is 0 Å². The molecule has 0 saturated heterocycles. The minimum absolute atomic E-state index is 0.880. The first-order chi connectivity index (χ1) is 8.40. The standard InChI is InChI=1S/C14H12N2S/c1-2-17-14(13-10-6-7-11-15-13)16-12-8-4-3-5-9-12/h4,6-11H,2H2,1H3. The van der Waals surface area contributed by atoms with E-state index in [0.29, 0.717) is 0 Å². The lowest BCUT2D eigenvalue weighted by Crippen LogP contribution is -1.98. The summed E-state index contributed by atoms with van der Waals surface area (Å²) in [5.74, 6) is 0.970. The molecule has 0 spiro atoms. The molecule has 2 nitrogen and oxygen atoms in total. The fraction of sp³-hybridized carbons (Fsp3) is 0.143. The Hall–Kier alpha value is -1.79. The van der Waals surface area contributed by atoms with E-state index in [2.05, 4.69) is 29.0 Å². The van der Waals surface area contributed by atoms with E-state index in [4.69, 9.17) is 0 Å². The van der Waals surface area contributed by atoms with Crippen LogP contribution >= 0.6 is 11.8 Å². The Morgan fingerprint density at radius 2 is 2.29 bits per heavy atom. The van der Waals surface area contributed by atoms with Crippen LogP contribution in [0.5, 0.6) is 0 Å². The molecule has 0 aliphatic heterocycles. The highest BCUT2D eigenvalue weighted by molar-refractivity contribution is 8.14. The molecule has 0 amide bonds. The Morgan fingerprint density at radius 1 is 1.35 bits per heavy atom. The van der Waals surface area contributed by atoms with Crippen molar-refractivity contribution in [3.05, 3.63) is 60.4 Å². The summed E-state index contributed by atoms with van der Waals surface area (Å²) in [5, 5.41) is 0.938. The van der Waals surface area contributed by atoms with Crippen molar-refractivity contribution in [2.45, 2.75) is 6.92 Å². The van der Waals surface area contributed by atoms with E-state index in [1.54, 1.807) is 18.0 Å². The molecule has 1 heterocycles. The van der Waals surface area contributed by atoms with Gasteiger partial charge in [0.25, 0.3) is 0 Å². The van der Waals surface area contributed by atoms with Gasteiger partial charge in [-0.05, 0) is 30.0 Å². The highest BCUT2D eigenvalue weighted by Gasteiger charge is 2.04. The summed E-state index contributed by atoms with van der Waals surface area (Å²) in [5.41, 5.74) is 1.79. The lowest BCUT2D eigenvalue weighted by molar-refractivity contribution is 1.30. The average Bonchev–Trinajstić information content (AvgIpc) is 2.40. The van der Waals surface area contributed by atoms with E-state index >= 15 is 0 Å². The lowest BCUT2D eigenvalue weighted by atomic mass is 10.3. The molecule has 0 aliphatic carbocycles. The Morgan fingerprint density at radius 3 is 2.94 bits per heavy atom. The van der Waals surface area contributed by atoms with Crippen molar-refractivity contribution in [1.82, 2.24) is 4.98 Å². The van der Waals surface area contributed by atoms with E-state index in [0.717, 1.165) is 22.2 Å². The fourth-order valence-corrected chi connectivity index (χ4v) is 2.03. The quantitative estimate of drug-likeness (QED) is 0.606. The molecule has 1 aromatic heterocycles. The number of thioether (sulfide) groups is 1. The lowest BCUT2D eigenvalue weighted by Gasteiger charge is -2.03. The van der Waals surface area contributed by atoms with Gasteiger partial charge in [0.15, 0.2) is 0 Å². The Kier molecular flexibility index (Phi) is 4.17. The molecule has 0 aliphatic rings. The van der Waals surface area contributed by atoms with Crippen molar-refractivity contribution >= 4 is 22.5 Å². The Bertz CT molecular complexity index is 480. The summed E-state index contributed by atoms with van der Waals surface area (Å²) in [6, 6.07) is 17.2. The Labute approximate surface area is 106 Å². The van der Waals surface area contributed by atoms with Crippen LogP contribution in [0, 0.1) is 12.1 Å². The van der Waals surface area contributed by atoms with Crippen molar-refractivity contribution in [2.75, 3.05) is 5.75 Å². The van der Waals surface area contributed by atoms with Crippen molar-refractivity contribution < 1.29 is 0 Å². The molecule has 1 aromatic carbocycles. The second-order valence-electron chi connectivity index (χ2n) is 3.26. The van der Waals surface area contributed by atoms with Crippen molar-refractivity contribution in [1.29, 1.82) is 0 Å². The Balaban J connectivity index is 2.33. The number of aliphatic imine (C=N–C) groups is 1. The summed E-state index contributed by atoms with van der Waals surface area (Å²) in [7, 11) is 0. The summed E-state index contributed by atoms with van der Waals surface area (Å²) < 4.78 is 0. The zero-order chi connectivity index (χ0) is 11.9. The molecule has 0 radical (unpaired) electrons. The molecule has 2 aromatic rings. The number of nitrogens with zero attached hydrogens (tertiary/aromatic N) is 2. The monoisotopic (exact) mass is 240 g/mol. The average molecular weight is 240 g/mol. The van der Waals surface area contributed by atoms with Gasteiger partial charge in [0.1, 0.15) is 5.04 Å². The summed E-state index contributed by atoms with van der Waals surface area (Å²) >= 11 is 1.69. The molecule has 0 atom stereocenters. The van der Waals surface area contributed by atoms with Crippen LogP contribution in [0.4, 0.5) is 5.69 Å². The number of pyridine rings is 1. The molecule has 17 heavy (non-hydrogen) atoms. The van der Waals surface area contributed by atoms with Crippen molar-refractivity contribution in [3.63, 3.8) is 0 Å². The number of hydrogen-bond acceptors (Lipinski definition) is 3. The maximum absolute atomic E-state index is 4.58. The third-order valence-corrected chi connectivity index (χ3v) is 2.90. The van der Waals surface area contributed by atoms with Gasteiger partial charge in [-0.1, -0.05) is 25.1 Å². The van der Waals surface area contributed by atoms with E-state index in [-0.39, 0.29) is 0 Å². The highest BCUT2D eigenvalue weighted by atomic mass is 32.2. The predicted octanol–water partition coefficient (Wildman–Crippen LogP) is 3.51. The summed E-state index contributed by atoms with van der Waals surface area (Å²) in [6.45, 7) is 2.11. The van der Waals surface area contributed by atoms with Gasteiger partial charge < -0.3 is 0 Å². The molecular formula is C14H12N2S. The molecule has 3 heteroatoms. The van der Waals surface area contributed by atoms with Crippen molar-refractivity contribution in [2.24, 2.45) is 4.99 Å². The molecule has 0 fully saturated rings. The van der Waals surface area contributed by atoms with Gasteiger partial charge in [0.05, 0.1) is 11.4 Å². The van der Waals surface area contributed by atoms with Crippen LogP contribution in [-0.4, -0.2) is 15.8 Å². The first-order valence-electron chi connectivity index (χ1n) is 5.41. The highest BCUT2D eigenvalue weighted by Crippen LogP contribution is 2.17. The normalized spacial score (nSPS) is 11.0. The van der Waals surface area contributed by atoms with Gasteiger partial charge in [0, 0.05) is 12.3 Å². The van der Waals surface area contributed by atoms with Crippen molar-refractivity contribution in [3.8, 4) is 0 Å². The molecule has 0 saturated carbocycles. The SMILES string of the molecule is CCSC(=Nc1cc#ccc1)c1ccccn1. The first-order valence-corrected chi connectivity index (χ1v) is 6.39.